The first-order valence-electron chi connectivity index (χ1n) is 4.86. The second kappa shape index (κ2) is 5.01. The largest absolute Gasteiger partial charge is 0.494 e. The van der Waals surface area contributed by atoms with Gasteiger partial charge < -0.3 is 9.84 Å². The molecule has 1 N–H and O–H groups in total. The van der Waals surface area contributed by atoms with Crippen molar-refractivity contribution in [2.45, 2.75) is 20.8 Å². The molecule has 14 heavy (non-hydrogen) atoms. The molecule has 2 nitrogen and oxygen atoms in total. The van der Waals surface area contributed by atoms with Crippen molar-refractivity contribution in [3.63, 3.8) is 0 Å². The lowest BCUT2D eigenvalue weighted by Crippen LogP contribution is -2.04. The van der Waals surface area contributed by atoms with Gasteiger partial charge in [-0.2, -0.15) is 0 Å². The Labute approximate surface area is 85.5 Å². The molecule has 0 bridgehead atoms. The Morgan fingerprint density at radius 1 is 1.43 bits per heavy atom. The third-order valence-electron chi connectivity index (χ3n) is 2.28. The number of ether oxygens (including phenoxy) is 1. The molecule has 0 saturated heterocycles. The number of aliphatic hydroxyl groups excluding tert-OH is 1. The van der Waals surface area contributed by atoms with Gasteiger partial charge in [0.15, 0.2) is 0 Å². The Bertz CT molecular complexity index is 294. The molecule has 0 aliphatic heterocycles. The fourth-order valence-electron chi connectivity index (χ4n) is 1.47. The fourth-order valence-corrected chi connectivity index (χ4v) is 1.47. The highest BCUT2D eigenvalue weighted by atomic mass is 16.5. The lowest BCUT2D eigenvalue weighted by atomic mass is 9.96. The topological polar surface area (TPSA) is 29.5 Å². The molecule has 0 atom stereocenters. The summed E-state index contributed by atoms with van der Waals surface area (Å²) in [6.07, 6.45) is 0. The zero-order valence-corrected chi connectivity index (χ0v) is 9.00. The molecule has 1 aromatic rings. The van der Waals surface area contributed by atoms with E-state index in [1.807, 2.05) is 39.0 Å². The maximum absolute atomic E-state index is 9.06. The Morgan fingerprint density at radius 2 is 2.14 bits per heavy atom. The van der Waals surface area contributed by atoms with Gasteiger partial charge in [0.1, 0.15) is 5.75 Å². The van der Waals surface area contributed by atoms with Crippen molar-refractivity contribution in [1.82, 2.24) is 0 Å². The van der Waals surface area contributed by atoms with E-state index in [1.54, 1.807) is 0 Å². The SMILES string of the molecule is CCOc1cccc([C](C)CO)c1C. The maximum atomic E-state index is 9.06. The second-order valence-corrected chi connectivity index (χ2v) is 3.30. The molecule has 0 spiro atoms. The van der Waals surface area contributed by atoms with Crippen molar-refractivity contribution in [2.75, 3.05) is 13.2 Å². The van der Waals surface area contributed by atoms with Gasteiger partial charge in [0.05, 0.1) is 13.2 Å². The number of hydrogen-bond donors (Lipinski definition) is 1. The summed E-state index contributed by atoms with van der Waals surface area (Å²) in [5.41, 5.74) is 2.18. The van der Waals surface area contributed by atoms with E-state index in [4.69, 9.17) is 9.84 Å². The molecule has 0 unspecified atom stereocenters. The molecule has 2 heteroatoms. The van der Waals surface area contributed by atoms with Crippen molar-refractivity contribution in [3.05, 3.63) is 35.2 Å². The van der Waals surface area contributed by atoms with Crippen molar-refractivity contribution in [2.24, 2.45) is 0 Å². The van der Waals surface area contributed by atoms with Crippen LogP contribution in [-0.4, -0.2) is 18.3 Å². The average molecular weight is 193 g/mol. The van der Waals surface area contributed by atoms with Crippen molar-refractivity contribution in [1.29, 1.82) is 0 Å². The Hall–Kier alpha value is -1.02. The summed E-state index contributed by atoms with van der Waals surface area (Å²) in [5.74, 6) is 1.88. The summed E-state index contributed by atoms with van der Waals surface area (Å²) in [4.78, 5) is 0. The first kappa shape index (κ1) is 11.1. The first-order valence-corrected chi connectivity index (χ1v) is 4.86. The molecule has 0 saturated carbocycles. The highest BCUT2D eigenvalue weighted by molar-refractivity contribution is 5.45. The van der Waals surface area contributed by atoms with Crippen LogP contribution in [0.5, 0.6) is 5.75 Å². The summed E-state index contributed by atoms with van der Waals surface area (Å²) in [6.45, 7) is 6.67. The van der Waals surface area contributed by atoms with E-state index in [0.29, 0.717) is 6.61 Å². The normalized spacial score (nSPS) is 10.6. The van der Waals surface area contributed by atoms with Crippen molar-refractivity contribution >= 4 is 0 Å². The molecule has 1 rings (SSSR count). The van der Waals surface area contributed by atoms with E-state index in [9.17, 15) is 0 Å². The molecule has 77 valence electrons. The quantitative estimate of drug-likeness (QED) is 0.795. The molecule has 0 heterocycles. The third-order valence-corrected chi connectivity index (χ3v) is 2.28. The minimum absolute atomic E-state index is 0.0937. The average Bonchev–Trinajstić information content (AvgIpc) is 2.20. The van der Waals surface area contributed by atoms with Gasteiger partial charge in [-0.3, -0.25) is 0 Å². The van der Waals surface area contributed by atoms with Gasteiger partial charge in [0.2, 0.25) is 0 Å². The summed E-state index contributed by atoms with van der Waals surface area (Å²) >= 11 is 0. The number of aliphatic hydroxyl groups is 1. The monoisotopic (exact) mass is 193 g/mol. The predicted molar refractivity (Wildman–Crippen MR) is 57.5 cm³/mol. The maximum Gasteiger partial charge on any atom is 0.122 e. The zero-order valence-electron chi connectivity index (χ0n) is 9.00. The van der Waals surface area contributed by atoms with Crippen LogP contribution in [0.25, 0.3) is 0 Å². The highest BCUT2D eigenvalue weighted by Crippen LogP contribution is 2.26. The van der Waals surface area contributed by atoms with E-state index in [0.717, 1.165) is 22.8 Å². The molecular formula is C12H17O2. The highest BCUT2D eigenvalue weighted by Gasteiger charge is 2.10. The van der Waals surface area contributed by atoms with Gasteiger partial charge in [-0.25, -0.2) is 0 Å². The molecule has 1 aromatic carbocycles. The van der Waals surface area contributed by atoms with E-state index in [1.165, 1.54) is 0 Å². The minimum Gasteiger partial charge on any atom is -0.494 e. The van der Waals surface area contributed by atoms with Crippen LogP contribution in [0.3, 0.4) is 0 Å². The number of hydrogen-bond acceptors (Lipinski definition) is 2. The molecule has 0 aliphatic carbocycles. The summed E-state index contributed by atoms with van der Waals surface area (Å²) in [6, 6.07) is 5.91. The first-order chi connectivity index (χ1) is 6.70. The third kappa shape index (κ3) is 2.26. The lowest BCUT2D eigenvalue weighted by molar-refractivity contribution is 0.313. The van der Waals surface area contributed by atoms with Gasteiger partial charge in [0, 0.05) is 5.92 Å². The van der Waals surface area contributed by atoms with Crippen LogP contribution in [0.1, 0.15) is 25.0 Å². The Kier molecular flexibility index (Phi) is 3.96. The molecule has 0 aliphatic rings. The van der Waals surface area contributed by atoms with E-state index < -0.39 is 0 Å². The Balaban J connectivity index is 3.00. The van der Waals surface area contributed by atoms with Gasteiger partial charge >= 0.3 is 0 Å². The summed E-state index contributed by atoms with van der Waals surface area (Å²) < 4.78 is 5.48. The predicted octanol–water partition coefficient (Wildman–Crippen LogP) is 2.33. The Morgan fingerprint density at radius 3 is 2.71 bits per heavy atom. The van der Waals surface area contributed by atoms with Gasteiger partial charge in [0.25, 0.3) is 0 Å². The van der Waals surface area contributed by atoms with E-state index in [2.05, 4.69) is 0 Å². The summed E-state index contributed by atoms with van der Waals surface area (Å²) in [7, 11) is 0. The molecule has 0 amide bonds. The smallest absolute Gasteiger partial charge is 0.122 e. The van der Waals surface area contributed by atoms with Gasteiger partial charge in [-0.05, 0) is 31.0 Å². The van der Waals surface area contributed by atoms with Gasteiger partial charge in [-0.15, -0.1) is 0 Å². The fraction of sp³-hybridized carbons (Fsp3) is 0.417. The van der Waals surface area contributed by atoms with Crippen LogP contribution in [0.2, 0.25) is 0 Å². The number of benzene rings is 1. The zero-order chi connectivity index (χ0) is 10.6. The van der Waals surface area contributed by atoms with Crippen molar-refractivity contribution in [3.8, 4) is 5.75 Å². The van der Waals surface area contributed by atoms with Crippen LogP contribution in [0, 0.1) is 12.8 Å². The van der Waals surface area contributed by atoms with Crippen LogP contribution in [0.4, 0.5) is 0 Å². The second-order valence-electron chi connectivity index (χ2n) is 3.30. The number of rotatable bonds is 4. The van der Waals surface area contributed by atoms with E-state index in [-0.39, 0.29) is 6.61 Å². The van der Waals surface area contributed by atoms with E-state index >= 15 is 0 Å². The molecule has 1 radical (unpaired) electrons. The van der Waals surface area contributed by atoms with Crippen LogP contribution >= 0.6 is 0 Å². The summed E-state index contributed by atoms with van der Waals surface area (Å²) in [5, 5.41) is 9.06. The van der Waals surface area contributed by atoms with Crippen molar-refractivity contribution < 1.29 is 9.84 Å². The molecular weight excluding hydrogens is 176 g/mol. The molecule has 0 fully saturated rings. The standard InChI is InChI=1S/C12H17O2/c1-4-14-12-7-5-6-11(10(12)3)9(2)8-13/h5-7,13H,4,8H2,1-3H3. The van der Waals surface area contributed by atoms with Crippen LogP contribution in [0.15, 0.2) is 18.2 Å². The minimum atomic E-state index is 0.0937. The van der Waals surface area contributed by atoms with Gasteiger partial charge in [-0.1, -0.05) is 19.1 Å². The van der Waals surface area contributed by atoms with Crippen LogP contribution in [-0.2, 0) is 0 Å². The lowest BCUT2D eigenvalue weighted by Gasteiger charge is -2.14. The molecule has 0 aromatic heterocycles. The van der Waals surface area contributed by atoms with Crippen LogP contribution < -0.4 is 4.74 Å².